The fourth-order valence-corrected chi connectivity index (χ4v) is 3.04. The molecule has 1 aromatic carbocycles. The maximum Gasteiger partial charge on any atom is 0.271 e. The number of hydrogen-bond acceptors (Lipinski definition) is 3. The molecule has 0 saturated carbocycles. The number of likely N-dealkylation sites (tertiary alicyclic amines) is 1. The molecule has 1 fully saturated rings. The Kier molecular flexibility index (Phi) is 4.45. The van der Waals surface area contributed by atoms with E-state index < -0.39 is 0 Å². The summed E-state index contributed by atoms with van der Waals surface area (Å²) in [4.78, 5) is 14.5. The molecule has 0 radical (unpaired) electrons. The summed E-state index contributed by atoms with van der Waals surface area (Å²) < 4.78 is 0. The van der Waals surface area contributed by atoms with Crippen LogP contribution in [-0.4, -0.2) is 47.2 Å². The van der Waals surface area contributed by atoms with Crippen molar-refractivity contribution in [3.05, 3.63) is 41.0 Å². The van der Waals surface area contributed by atoms with Crippen LogP contribution < -0.4 is 5.32 Å². The first-order valence-corrected chi connectivity index (χ1v) is 7.83. The average molecular weight is 319 g/mol. The van der Waals surface area contributed by atoms with E-state index in [-0.39, 0.29) is 5.91 Å². The van der Waals surface area contributed by atoms with E-state index in [1.54, 1.807) is 6.07 Å². The number of halogens is 1. The van der Waals surface area contributed by atoms with Gasteiger partial charge in [0.05, 0.1) is 10.7 Å². The number of carbonyl (C=O) groups excluding carboxylic acids is 1. The van der Waals surface area contributed by atoms with Crippen molar-refractivity contribution >= 4 is 17.5 Å². The largest absolute Gasteiger partial charge is 0.336 e. The summed E-state index contributed by atoms with van der Waals surface area (Å²) in [6.45, 7) is 1.52. The Morgan fingerprint density at radius 1 is 1.45 bits per heavy atom. The van der Waals surface area contributed by atoms with Gasteiger partial charge in [-0.05, 0) is 32.0 Å². The third-order valence-electron chi connectivity index (χ3n) is 4.07. The van der Waals surface area contributed by atoms with Gasteiger partial charge in [-0.1, -0.05) is 29.8 Å². The SMILES string of the molecule is CNC1CCCN(C(=O)c2cc(-c3ccccc3Cl)n[nH]2)C1. The maximum atomic E-state index is 12.6. The van der Waals surface area contributed by atoms with Crippen LogP contribution in [0.25, 0.3) is 11.3 Å². The summed E-state index contributed by atoms with van der Waals surface area (Å²) in [6, 6.07) is 9.62. The molecule has 3 rings (SSSR count). The van der Waals surface area contributed by atoms with Crippen molar-refractivity contribution in [2.75, 3.05) is 20.1 Å². The van der Waals surface area contributed by atoms with Gasteiger partial charge in [-0.3, -0.25) is 9.89 Å². The van der Waals surface area contributed by atoms with Gasteiger partial charge >= 0.3 is 0 Å². The van der Waals surface area contributed by atoms with Crippen molar-refractivity contribution in [2.45, 2.75) is 18.9 Å². The van der Waals surface area contributed by atoms with Crippen LogP contribution in [0.4, 0.5) is 0 Å². The molecule has 116 valence electrons. The van der Waals surface area contributed by atoms with E-state index in [4.69, 9.17) is 11.6 Å². The van der Waals surface area contributed by atoms with Gasteiger partial charge in [-0.15, -0.1) is 0 Å². The Hall–Kier alpha value is -1.85. The van der Waals surface area contributed by atoms with Crippen LogP contribution in [0.2, 0.25) is 5.02 Å². The van der Waals surface area contributed by atoms with Crippen LogP contribution in [0.5, 0.6) is 0 Å². The lowest BCUT2D eigenvalue weighted by atomic mass is 10.1. The monoisotopic (exact) mass is 318 g/mol. The summed E-state index contributed by atoms with van der Waals surface area (Å²) in [6.07, 6.45) is 2.12. The Balaban J connectivity index is 1.79. The van der Waals surface area contributed by atoms with Crippen molar-refractivity contribution in [3.8, 4) is 11.3 Å². The smallest absolute Gasteiger partial charge is 0.271 e. The third kappa shape index (κ3) is 3.00. The average Bonchev–Trinajstić information content (AvgIpc) is 3.04. The lowest BCUT2D eigenvalue weighted by Crippen LogP contribution is -2.47. The Labute approximate surface area is 134 Å². The summed E-state index contributed by atoms with van der Waals surface area (Å²) in [5, 5.41) is 10.9. The zero-order valence-corrected chi connectivity index (χ0v) is 13.2. The highest BCUT2D eigenvalue weighted by Gasteiger charge is 2.25. The van der Waals surface area contributed by atoms with Gasteiger partial charge in [-0.25, -0.2) is 0 Å². The number of aromatic nitrogens is 2. The van der Waals surface area contributed by atoms with E-state index in [1.165, 1.54) is 0 Å². The second-order valence-electron chi connectivity index (χ2n) is 5.53. The van der Waals surface area contributed by atoms with Crippen molar-refractivity contribution in [3.63, 3.8) is 0 Å². The molecule has 1 amide bonds. The molecule has 1 unspecified atom stereocenters. The predicted octanol–water partition coefficient (Wildman–Crippen LogP) is 2.55. The first-order chi connectivity index (χ1) is 10.7. The van der Waals surface area contributed by atoms with Crippen LogP contribution in [0, 0.1) is 0 Å². The van der Waals surface area contributed by atoms with Crippen molar-refractivity contribution in [1.29, 1.82) is 0 Å². The van der Waals surface area contributed by atoms with Gasteiger partial charge in [-0.2, -0.15) is 5.10 Å². The van der Waals surface area contributed by atoms with Crippen LogP contribution in [-0.2, 0) is 0 Å². The zero-order chi connectivity index (χ0) is 15.5. The molecule has 0 spiro atoms. The Bertz CT molecular complexity index is 670. The van der Waals surface area contributed by atoms with E-state index in [1.807, 2.05) is 36.2 Å². The normalized spacial score (nSPS) is 18.5. The molecule has 1 aromatic heterocycles. The van der Waals surface area contributed by atoms with E-state index in [9.17, 15) is 4.79 Å². The molecule has 1 atom stereocenters. The molecule has 1 aliphatic rings. The van der Waals surface area contributed by atoms with Gasteiger partial charge in [0.15, 0.2) is 0 Å². The molecular weight excluding hydrogens is 300 g/mol. The number of benzene rings is 1. The fraction of sp³-hybridized carbons (Fsp3) is 0.375. The quantitative estimate of drug-likeness (QED) is 0.914. The summed E-state index contributed by atoms with van der Waals surface area (Å²) in [5.74, 6) is -0.00856. The number of rotatable bonds is 3. The van der Waals surface area contributed by atoms with Gasteiger partial charge in [0.2, 0.25) is 0 Å². The van der Waals surface area contributed by atoms with Crippen LogP contribution in [0.3, 0.4) is 0 Å². The van der Waals surface area contributed by atoms with Gasteiger partial charge in [0.1, 0.15) is 5.69 Å². The molecule has 2 aromatic rings. The maximum absolute atomic E-state index is 12.6. The lowest BCUT2D eigenvalue weighted by Gasteiger charge is -2.32. The minimum absolute atomic E-state index is 0.00856. The van der Waals surface area contributed by atoms with Crippen molar-refractivity contribution < 1.29 is 4.79 Å². The summed E-state index contributed by atoms with van der Waals surface area (Å²) in [7, 11) is 1.93. The molecule has 5 nitrogen and oxygen atoms in total. The minimum Gasteiger partial charge on any atom is -0.336 e. The number of likely N-dealkylation sites (N-methyl/N-ethyl adjacent to an activating group) is 1. The van der Waals surface area contributed by atoms with E-state index in [0.717, 1.165) is 31.5 Å². The second-order valence-corrected chi connectivity index (χ2v) is 5.93. The standard InChI is InChI=1S/C16H19ClN4O/c1-18-11-5-4-8-21(10-11)16(22)15-9-14(19-20-15)12-6-2-3-7-13(12)17/h2-3,6-7,9,11,18H,4-5,8,10H2,1H3,(H,19,20). The molecule has 22 heavy (non-hydrogen) atoms. The highest BCUT2D eigenvalue weighted by molar-refractivity contribution is 6.33. The van der Waals surface area contributed by atoms with Gasteiger partial charge in [0, 0.05) is 24.7 Å². The third-order valence-corrected chi connectivity index (χ3v) is 4.40. The highest BCUT2D eigenvalue weighted by Crippen LogP contribution is 2.26. The number of amides is 1. The molecule has 0 aliphatic carbocycles. The number of carbonyl (C=O) groups is 1. The van der Waals surface area contributed by atoms with Gasteiger partial charge in [0.25, 0.3) is 5.91 Å². The zero-order valence-electron chi connectivity index (χ0n) is 12.5. The van der Waals surface area contributed by atoms with Crippen molar-refractivity contribution in [2.24, 2.45) is 0 Å². The Morgan fingerprint density at radius 2 is 2.27 bits per heavy atom. The van der Waals surface area contributed by atoms with Crippen LogP contribution >= 0.6 is 11.6 Å². The molecule has 2 heterocycles. The number of nitrogens with one attached hydrogen (secondary N) is 2. The molecule has 6 heteroatoms. The number of piperidine rings is 1. The highest BCUT2D eigenvalue weighted by atomic mass is 35.5. The lowest BCUT2D eigenvalue weighted by molar-refractivity contribution is 0.0692. The molecular formula is C16H19ClN4O. The van der Waals surface area contributed by atoms with Crippen molar-refractivity contribution in [1.82, 2.24) is 20.4 Å². The van der Waals surface area contributed by atoms with E-state index >= 15 is 0 Å². The molecule has 2 N–H and O–H groups in total. The predicted molar refractivity (Wildman–Crippen MR) is 87.0 cm³/mol. The van der Waals surface area contributed by atoms with E-state index in [0.29, 0.717) is 22.5 Å². The number of H-pyrrole nitrogens is 1. The first kappa shape index (κ1) is 15.1. The van der Waals surface area contributed by atoms with E-state index in [2.05, 4.69) is 15.5 Å². The Morgan fingerprint density at radius 3 is 3.05 bits per heavy atom. The molecule has 1 aliphatic heterocycles. The van der Waals surface area contributed by atoms with Crippen LogP contribution in [0.1, 0.15) is 23.3 Å². The summed E-state index contributed by atoms with van der Waals surface area (Å²) in [5.41, 5.74) is 2.02. The molecule has 0 bridgehead atoms. The number of nitrogens with zero attached hydrogens (tertiary/aromatic N) is 2. The first-order valence-electron chi connectivity index (χ1n) is 7.46. The summed E-state index contributed by atoms with van der Waals surface area (Å²) >= 11 is 6.18. The van der Waals surface area contributed by atoms with Crippen LogP contribution in [0.15, 0.2) is 30.3 Å². The number of hydrogen-bond donors (Lipinski definition) is 2. The van der Waals surface area contributed by atoms with Gasteiger partial charge < -0.3 is 10.2 Å². The fourth-order valence-electron chi connectivity index (χ4n) is 2.81. The second kappa shape index (κ2) is 6.50. The topological polar surface area (TPSA) is 61.0 Å². The molecule has 1 saturated heterocycles. The number of aromatic amines is 1. The minimum atomic E-state index is -0.00856.